The van der Waals surface area contributed by atoms with Gasteiger partial charge in [0, 0.05) is 32.7 Å². The SMILES string of the molecule is CN(OC(=O)C1CCC=CCCC1)C(=O)CCCC(=O)ON1C(=O)CCC1=O. The highest BCUT2D eigenvalue weighted by Gasteiger charge is 2.32. The molecule has 1 aliphatic carbocycles. The zero-order chi connectivity index (χ0) is 20.5. The van der Waals surface area contributed by atoms with Crippen LogP contribution in [0.1, 0.15) is 64.2 Å². The highest BCUT2D eigenvalue weighted by molar-refractivity contribution is 6.01. The van der Waals surface area contributed by atoms with Gasteiger partial charge in [0.25, 0.3) is 17.7 Å². The van der Waals surface area contributed by atoms with Crippen LogP contribution in [0.4, 0.5) is 0 Å². The van der Waals surface area contributed by atoms with Gasteiger partial charge >= 0.3 is 11.9 Å². The van der Waals surface area contributed by atoms with Crippen molar-refractivity contribution >= 4 is 29.7 Å². The Hall–Kier alpha value is -2.71. The van der Waals surface area contributed by atoms with Gasteiger partial charge in [0.2, 0.25) is 0 Å². The van der Waals surface area contributed by atoms with Crippen molar-refractivity contribution in [2.45, 2.75) is 64.2 Å². The minimum atomic E-state index is -0.765. The molecule has 9 nitrogen and oxygen atoms in total. The van der Waals surface area contributed by atoms with Crippen LogP contribution in [0.5, 0.6) is 0 Å². The van der Waals surface area contributed by atoms with E-state index in [9.17, 15) is 24.0 Å². The molecule has 1 saturated heterocycles. The average molecular weight is 394 g/mol. The third-order valence-corrected chi connectivity index (χ3v) is 4.65. The average Bonchev–Trinajstić information content (AvgIpc) is 2.93. The third-order valence-electron chi connectivity index (χ3n) is 4.65. The number of allylic oxidation sites excluding steroid dienone is 2. The standard InChI is InChI=1S/C19H26N2O7/c1-20(28-19(26)14-8-5-3-2-4-6-9-14)15(22)10-7-11-18(25)27-21-16(23)12-13-17(21)24/h2-3,14H,4-13H2,1H3. The molecule has 0 spiro atoms. The molecule has 28 heavy (non-hydrogen) atoms. The number of imide groups is 1. The van der Waals surface area contributed by atoms with Crippen molar-refractivity contribution in [2.24, 2.45) is 5.92 Å². The molecule has 2 rings (SSSR count). The van der Waals surface area contributed by atoms with Crippen LogP contribution in [0.3, 0.4) is 0 Å². The van der Waals surface area contributed by atoms with Gasteiger partial charge in [-0.05, 0) is 38.5 Å². The van der Waals surface area contributed by atoms with Crippen LogP contribution in [-0.4, -0.2) is 46.8 Å². The monoisotopic (exact) mass is 394 g/mol. The molecule has 0 aromatic carbocycles. The number of amides is 3. The minimum Gasteiger partial charge on any atom is -0.338 e. The van der Waals surface area contributed by atoms with Gasteiger partial charge in [-0.2, -0.15) is 5.06 Å². The van der Waals surface area contributed by atoms with E-state index in [4.69, 9.17) is 9.68 Å². The van der Waals surface area contributed by atoms with Crippen molar-refractivity contribution in [1.82, 2.24) is 10.1 Å². The number of hydrogen-bond acceptors (Lipinski definition) is 7. The maximum absolute atomic E-state index is 12.2. The highest BCUT2D eigenvalue weighted by atomic mass is 16.7. The summed E-state index contributed by atoms with van der Waals surface area (Å²) in [6.07, 6.45) is 8.24. The fraction of sp³-hybridized carbons (Fsp3) is 0.632. The predicted octanol–water partition coefficient (Wildman–Crippen LogP) is 1.82. The lowest BCUT2D eigenvalue weighted by Gasteiger charge is -2.21. The van der Waals surface area contributed by atoms with E-state index in [0.717, 1.165) is 30.7 Å². The third kappa shape index (κ3) is 6.47. The lowest BCUT2D eigenvalue weighted by molar-refractivity contribution is -0.198. The van der Waals surface area contributed by atoms with E-state index in [-0.39, 0.29) is 38.0 Å². The normalized spacial score (nSPS) is 19.8. The van der Waals surface area contributed by atoms with Crippen molar-refractivity contribution in [1.29, 1.82) is 0 Å². The van der Waals surface area contributed by atoms with Gasteiger partial charge in [0.05, 0.1) is 5.92 Å². The Kier molecular flexibility index (Phi) is 8.16. The molecule has 0 aromatic rings. The van der Waals surface area contributed by atoms with E-state index in [1.807, 2.05) is 0 Å². The van der Waals surface area contributed by atoms with Crippen LogP contribution in [0.15, 0.2) is 12.2 Å². The quantitative estimate of drug-likeness (QED) is 0.384. The van der Waals surface area contributed by atoms with E-state index in [0.29, 0.717) is 11.5 Å². The van der Waals surface area contributed by atoms with Crippen LogP contribution in [-0.2, 0) is 33.6 Å². The minimum absolute atomic E-state index is 0.0258. The van der Waals surface area contributed by atoms with Gasteiger partial charge in [-0.25, -0.2) is 9.59 Å². The summed E-state index contributed by atoms with van der Waals surface area (Å²) in [6, 6.07) is 0. The van der Waals surface area contributed by atoms with Crippen LogP contribution in [0, 0.1) is 5.92 Å². The van der Waals surface area contributed by atoms with Gasteiger partial charge in [0.15, 0.2) is 0 Å². The summed E-state index contributed by atoms with van der Waals surface area (Å²) in [5.74, 6) is -2.96. The van der Waals surface area contributed by atoms with Crippen LogP contribution >= 0.6 is 0 Å². The summed E-state index contributed by atoms with van der Waals surface area (Å²) in [4.78, 5) is 68.6. The lowest BCUT2D eigenvalue weighted by Crippen LogP contribution is -2.33. The first kappa shape index (κ1) is 21.6. The molecule has 9 heteroatoms. The Balaban J connectivity index is 1.68. The summed E-state index contributed by atoms with van der Waals surface area (Å²) in [5.41, 5.74) is 0. The Bertz CT molecular complexity index is 643. The van der Waals surface area contributed by atoms with Crippen molar-refractivity contribution in [3.63, 3.8) is 0 Å². The molecule has 1 aliphatic heterocycles. The van der Waals surface area contributed by atoms with E-state index in [1.54, 1.807) is 0 Å². The number of rotatable bonds is 6. The molecule has 0 aromatic heterocycles. The Morgan fingerprint density at radius 1 is 1.07 bits per heavy atom. The van der Waals surface area contributed by atoms with Gasteiger partial charge in [-0.3, -0.25) is 14.4 Å². The van der Waals surface area contributed by atoms with Crippen LogP contribution < -0.4 is 0 Å². The Morgan fingerprint density at radius 3 is 2.46 bits per heavy atom. The first-order chi connectivity index (χ1) is 13.4. The van der Waals surface area contributed by atoms with Crippen LogP contribution in [0.2, 0.25) is 0 Å². The summed E-state index contributed by atoms with van der Waals surface area (Å²) in [6.45, 7) is 0. The zero-order valence-corrected chi connectivity index (χ0v) is 16.1. The number of nitrogens with zero attached hydrogens (tertiary/aromatic N) is 2. The second-order valence-electron chi connectivity index (χ2n) is 6.88. The van der Waals surface area contributed by atoms with E-state index in [1.165, 1.54) is 7.05 Å². The molecular weight excluding hydrogens is 368 g/mol. The number of hydrogen-bond donors (Lipinski definition) is 0. The topological polar surface area (TPSA) is 110 Å². The fourth-order valence-corrected chi connectivity index (χ4v) is 3.00. The number of hydroxylamine groups is 4. The molecular formula is C19H26N2O7. The van der Waals surface area contributed by atoms with Gasteiger partial charge in [0.1, 0.15) is 0 Å². The van der Waals surface area contributed by atoms with Crippen molar-refractivity contribution in [3.05, 3.63) is 12.2 Å². The van der Waals surface area contributed by atoms with Gasteiger partial charge < -0.3 is 9.68 Å². The van der Waals surface area contributed by atoms with E-state index >= 15 is 0 Å². The zero-order valence-electron chi connectivity index (χ0n) is 16.1. The Labute approximate surface area is 163 Å². The Morgan fingerprint density at radius 2 is 1.75 bits per heavy atom. The fourth-order valence-electron chi connectivity index (χ4n) is 3.00. The number of carbonyl (C=O) groups is 5. The molecule has 3 amide bonds. The smallest absolute Gasteiger partial charge is 0.335 e. The van der Waals surface area contributed by atoms with Crippen molar-refractivity contribution < 1.29 is 33.6 Å². The maximum Gasteiger partial charge on any atom is 0.335 e. The largest absolute Gasteiger partial charge is 0.338 e. The van der Waals surface area contributed by atoms with Crippen molar-refractivity contribution in [3.8, 4) is 0 Å². The summed E-state index contributed by atoms with van der Waals surface area (Å²) in [7, 11) is 1.36. The molecule has 1 fully saturated rings. The van der Waals surface area contributed by atoms with E-state index < -0.39 is 29.7 Å². The molecule has 1 heterocycles. The second-order valence-corrected chi connectivity index (χ2v) is 6.88. The first-order valence-electron chi connectivity index (χ1n) is 9.58. The molecule has 2 aliphatic rings. The van der Waals surface area contributed by atoms with E-state index in [2.05, 4.69) is 12.2 Å². The molecule has 1 atom stereocenters. The summed E-state index contributed by atoms with van der Waals surface area (Å²) < 4.78 is 0. The maximum atomic E-state index is 12.2. The lowest BCUT2D eigenvalue weighted by atomic mass is 9.94. The molecule has 0 saturated carbocycles. The molecule has 1 unspecified atom stereocenters. The molecule has 154 valence electrons. The molecule has 0 N–H and O–H groups in total. The second kappa shape index (κ2) is 10.6. The summed E-state index contributed by atoms with van der Waals surface area (Å²) >= 11 is 0. The predicted molar refractivity (Wildman–Crippen MR) is 95.6 cm³/mol. The number of carbonyl (C=O) groups excluding carboxylic acids is 5. The molecule has 0 bridgehead atoms. The van der Waals surface area contributed by atoms with Crippen LogP contribution in [0.25, 0.3) is 0 Å². The molecule has 0 radical (unpaired) electrons. The highest BCUT2D eigenvalue weighted by Crippen LogP contribution is 2.20. The van der Waals surface area contributed by atoms with Gasteiger partial charge in [-0.15, -0.1) is 5.06 Å². The summed E-state index contributed by atoms with van der Waals surface area (Å²) in [5, 5.41) is 1.37. The van der Waals surface area contributed by atoms with Crippen molar-refractivity contribution in [2.75, 3.05) is 7.05 Å². The first-order valence-corrected chi connectivity index (χ1v) is 9.58. The van der Waals surface area contributed by atoms with Gasteiger partial charge in [-0.1, -0.05) is 12.2 Å².